The van der Waals surface area contributed by atoms with Gasteiger partial charge in [0.1, 0.15) is 0 Å². The van der Waals surface area contributed by atoms with E-state index in [4.69, 9.17) is 0 Å². The van der Waals surface area contributed by atoms with E-state index in [9.17, 15) is 0 Å². The lowest BCUT2D eigenvalue weighted by Gasteiger charge is -2.28. The van der Waals surface area contributed by atoms with Gasteiger partial charge in [0.25, 0.3) is 0 Å². The zero-order chi connectivity index (χ0) is 10.5. The number of hydrogen-bond donors (Lipinski definition) is 2. The predicted octanol–water partition coefficient (Wildman–Crippen LogP) is 2.49. The number of anilines is 1. The van der Waals surface area contributed by atoms with E-state index in [1.54, 1.807) is 0 Å². The summed E-state index contributed by atoms with van der Waals surface area (Å²) in [5.74, 6) is 0.821. The maximum atomic E-state index is 3.51. The van der Waals surface area contributed by atoms with Crippen LogP contribution in [0.3, 0.4) is 0 Å². The molecule has 0 saturated carbocycles. The van der Waals surface area contributed by atoms with Gasteiger partial charge in [0, 0.05) is 18.3 Å². The summed E-state index contributed by atoms with van der Waals surface area (Å²) in [4.78, 5) is 0. The van der Waals surface area contributed by atoms with Gasteiger partial charge in [0.05, 0.1) is 0 Å². The van der Waals surface area contributed by atoms with E-state index in [1.807, 2.05) is 0 Å². The van der Waals surface area contributed by atoms with Crippen LogP contribution in [0.25, 0.3) is 0 Å². The van der Waals surface area contributed by atoms with Crippen molar-refractivity contribution in [2.24, 2.45) is 5.92 Å². The molecule has 2 unspecified atom stereocenters. The number of benzene rings is 1. The van der Waals surface area contributed by atoms with E-state index in [2.05, 4.69) is 47.9 Å². The van der Waals surface area contributed by atoms with Gasteiger partial charge >= 0.3 is 0 Å². The highest BCUT2D eigenvalue weighted by molar-refractivity contribution is 5.42. The van der Waals surface area contributed by atoms with Gasteiger partial charge in [-0.25, -0.2) is 0 Å². The minimum Gasteiger partial charge on any atom is -0.385 e. The van der Waals surface area contributed by atoms with E-state index in [-0.39, 0.29) is 0 Å². The quantitative estimate of drug-likeness (QED) is 0.790. The standard InChI is InChI=1S/C13H20N2/c1-11-9-12(7-8-14-11)10-15-13-5-3-2-4-6-13/h2-6,11-12,14-15H,7-10H2,1H3. The molecular weight excluding hydrogens is 184 g/mol. The second-order valence-electron chi connectivity index (χ2n) is 4.49. The third kappa shape index (κ3) is 3.24. The number of nitrogens with one attached hydrogen (secondary N) is 2. The molecule has 1 heterocycles. The van der Waals surface area contributed by atoms with Gasteiger partial charge < -0.3 is 10.6 Å². The van der Waals surface area contributed by atoms with Gasteiger partial charge in [0.15, 0.2) is 0 Å². The highest BCUT2D eigenvalue weighted by Crippen LogP contribution is 2.17. The van der Waals surface area contributed by atoms with Crippen molar-refractivity contribution in [3.63, 3.8) is 0 Å². The van der Waals surface area contributed by atoms with Crippen LogP contribution in [0, 0.1) is 5.92 Å². The average Bonchev–Trinajstić information content (AvgIpc) is 2.28. The molecule has 15 heavy (non-hydrogen) atoms. The van der Waals surface area contributed by atoms with Crippen LogP contribution in [0.5, 0.6) is 0 Å². The molecule has 0 aromatic heterocycles. The third-order valence-electron chi connectivity index (χ3n) is 3.10. The molecule has 1 aromatic carbocycles. The largest absolute Gasteiger partial charge is 0.385 e. The van der Waals surface area contributed by atoms with E-state index >= 15 is 0 Å². The van der Waals surface area contributed by atoms with Crippen molar-refractivity contribution < 1.29 is 0 Å². The van der Waals surface area contributed by atoms with Gasteiger partial charge in [0.2, 0.25) is 0 Å². The Labute approximate surface area is 92.1 Å². The molecule has 0 aliphatic carbocycles. The first kappa shape index (κ1) is 10.5. The molecule has 2 N–H and O–H groups in total. The SMILES string of the molecule is CC1CC(CNc2ccccc2)CCN1. The normalized spacial score (nSPS) is 26.2. The lowest BCUT2D eigenvalue weighted by atomic mass is 9.93. The summed E-state index contributed by atoms with van der Waals surface area (Å²) in [6, 6.07) is 11.1. The Morgan fingerprint density at radius 1 is 1.33 bits per heavy atom. The average molecular weight is 204 g/mol. The van der Waals surface area contributed by atoms with Crippen molar-refractivity contribution in [2.75, 3.05) is 18.4 Å². The van der Waals surface area contributed by atoms with E-state index in [0.29, 0.717) is 6.04 Å². The van der Waals surface area contributed by atoms with Gasteiger partial charge in [-0.3, -0.25) is 0 Å². The van der Waals surface area contributed by atoms with Crippen molar-refractivity contribution in [3.05, 3.63) is 30.3 Å². The summed E-state index contributed by atoms with van der Waals surface area (Å²) in [6.45, 7) is 4.55. The second-order valence-corrected chi connectivity index (χ2v) is 4.49. The van der Waals surface area contributed by atoms with E-state index in [0.717, 1.165) is 12.5 Å². The van der Waals surface area contributed by atoms with Gasteiger partial charge in [-0.05, 0) is 44.4 Å². The Bertz CT molecular complexity index is 284. The number of rotatable bonds is 3. The highest BCUT2D eigenvalue weighted by atomic mass is 14.9. The van der Waals surface area contributed by atoms with Crippen LogP contribution < -0.4 is 10.6 Å². The van der Waals surface area contributed by atoms with Crippen LogP contribution in [0.1, 0.15) is 19.8 Å². The molecule has 0 radical (unpaired) electrons. The molecular formula is C13H20N2. The third-order valence-corrected chi connectivity index (χ3v) is 3.10. The molecule has 2 atom stereocenters. The number of piperidine rings is 1. The lowest BCUT2D eigenvalue weighted by molar-refractivity contribution is 0.327. The fraction of sp³-hybridized carbons (Fsp3) is 0.538. The van der Waals surface area contributed by atoms with Crippen LogP contribution in [0.15, 0.2) is 30.3 Å². The van der Waals surface area contributed by atoms with Crippen molar-refractivity contribution in [3.8, 4) is 0 Å². The number of hydrogen-bond acceptors (Lipinski definition) is 2. The molecule has 82 valence electrons. The summed E-state index contributed by atoms with van der Waals surface area (Å²) in [6.07, 6.45) is 2.59. The van der Waals surface area contributed by atoms with Crippen LogP contribution in [0.2, 0.25) is 0 Å². The first-order valence-electron chi connectivity index (χ1n) is 5.87. The summed E-state index contributed by atoms with van der Waals surface area (Å²) >= 11 is 0. The minimum atomic E-state index is 0.682. The van der Waals surface area contributed by atoms with Gasteiger partial charge in [-0.1, -0.05) is 18.2 Å². The molecule has 2 nitrogen and oxygen atoms in total. The lowest BCUT2D eigenvalue weighted by Crippen LogP contribution is -2.37. The molecule has 2 heteroatoms. The minimum absolute atomic E-state index is 0.682. The molecule has 1 aliphatic heterocycles. The van der Waals surface area contributed by atoms with Crippen LogP contribution in [0.4, 0.5) is 5.69 Å². The maximum Gasteiger partial charge on any atom is 0.0340 e. The first-order chi connectivity index (χ1) is 7.34. The Kier molecular flexibility index (Phi) is 3.62. The fourth-order valence-electron chi connectivity index (χ4n) is 2.24. The van der Waals surface area contributed by atoms with Crippen molar-refractivity contribution in [1.82, 2.24) is 5.32 Å². The van der Waals surface area contributed by atoms with E-state index in [1.165, 1.54) is 25.1 Å². The molecule has 2 rings (SSSR count). The topological polar surface area (TPSA) is 24.1 Å². The van der Waals surface area contributed by atoms with E-state index < -0.39 is 0 Å². The first-order valence-corrected chi connectivity index (χ1v) is 5.87. The fourth-order valence-corrected chi connectivity index (χ4v) is 2.24. The monoisotopic (exact) mass is 204 g/mol. The molecule has 1 saturated heterocycles. The van der Waals surface area contributed by atoms with Crippen LogP contribution in [-0.2, 0) is 0 Å². The zero-order valence-electron chi connectivity index (χ0n) is 9.37. The molecule has 1 aliphatic rings. The highest BCUT2D eigenvalue weighted by Gasteiger charge is 2.17. The van der Waals surface area contributed by atoms with Gasteiger partial charge in [-0.2, -0.15) is 0 Å². The van der Waals surface area contributed by atoms with Crippen molar-refractivity contribution in [1.29, 1.82) is 0 Å². The Morgan fingerprint density at radius 3 is 2.87 bits per heavy atom. The Morgan fingerprint density at radius 2 is 2.13 bits per heavy atom. The summed E-state index contributed by atoms with van der Waals surface area (Å²) in [7, 11) is 0. The van der Waals surface area contributed by atoms with Crippen LogP contribution >= 0.6 is 0 Å². The molecule has 1 aromatic rings. The molecule has 0 amide bonds. The second kappa shape index (κ2) is 5.17. The smallest absolute Gasteiger partial charge is 0.0340 e. The molecule has 1 fully saturated rings. The Hall–Kier alpha value is -1.02. The summed E-state index contributed by atoms with van der Waals surface area (Å²) < 4.78 is 0. The maximum absolute atomic E-state index is 3.51. The predicted molar refractivity (Wildman–Crippen MR) is 65.1 cm³/mol. The zero-order valence-corrected chi connectivity index (χ0v) is 9.37. The van der Waals surface area contributed by atoms with Crippen molar-refractivity contribution in [2.45, 2.75) is 25.8 Å². The van der Waals surface area contributed by atoms with Crippen molar-refractivity contribution >= 4 is 5.69 Å². The number of para-hydroxylation sites is 1. The Balaban J connectivity index is 1.78. The molecule has 0 spiro atoms. The van der Waals surface area contributed by atoms with Gasteiger partial charge in [-0.15, -0.1) is 0 Å². The molecule has 0 bridgehead atoms. The summed E-state index contributed by atoms with van der Waals surface area (Å²) in [5.41, 5.74) is 1.24. The summed E-state index contributed by atoms with van der Waals surface area (Å²) in [5, 5.41) is 6.99. The van der Waals surface area contributed by atoms with Crippen LogP contribution in [-0.4, -0.2) is 19.1 Å².